The smallest absolute Gasteiger partial charge is 0.259 e. The number of likely N-dealkylation sites (tertiary alicyclic amines) is 2. The molecule has 2 saturated heterocycles. The largest absolute Gasteiger partial charge is 0.493 e. The molecule has 1 atom stereocenters. The molecule has 7 heteroatoms. The number of amides is 2. The highest BCUT2D eigenvalue weighted by Gasteiger charge is 2.41. The van der Waals surface area contributed by atoms with E-state index in [1.165, 1.54) is 11.0 Å². The quantitative estimate of drug-likeness (QED) is 0.635. The van der Waals surface area contributed by atoms with Gasteiger partial charge in [-0.3, -0.25) is 9.59 Å². The van der Waals surface area contributed by atoms with Gasteiger partial charge in [-0.25, -0.2) is 8.78 Å². The van der Waals surface area contributed by atoms with E-state index in [-0.39, 0.29) is 25.5 Å². The molecule has 5 nitrogen and oxygen atoms in total. The van der Waals surface area contributed by atoms with E-state index in [2.05, 4.69) is 0 Å². The summed E-state index contributed by atoms with van der Waals surface area (Å²) in [7, 11) is 0. The van der Waals surface area contributed by atoms with Gasteiger partial charge in [0.05, 0.1) is 6.61 Å². The van der Waals surface area contributed by atoms with Gasteiger partial charge in [-0.1, -0.05) is 24.3 Å². The molecule has 2 aromatic carbocycles. The fraction of sp³-hybridized carbons (Fsp3) is 0.462. The Morgan fingerprint density at radius 3 is 2.21 bits per heavy atom. The van der Waals surface area contributed by atoms with Crippen LogP contribution in [0, 0.1) is 17.0 Å². The van der Waals surface area contributed by atoms with Crippen LogP contribution < -0.4 is 4.74 Å². The van der Waals surface area contributed by atoms with Gasteiger partial charge in [0.25, 0.3) is 5.91 Å². The number of benzene rings is 2. The molecule has 0 bridgehead atoms. The highest BCUT2D eigenvalue weighted by molar-refractivity contribution is 5.95. The summed E-state index contributed by atoms with van der Waals surface area (Å²) in [5.74, 6) is -1.69. The lowest BCUT2D eigenvalue weighted by atomic mass is 9.77. The molecule has 2 aliphatic rings. The summed E-state index contributed by atoms with van der Waals surface area (Å²) >= 11 is 0. The molecule has 2 aromatic rings. The fourth-order valence-electron chi connectivity index (χ4n) is 4.88. The summed E-state index contributed by atoms with van der Waals surface area (Å²) < 4.78 is 34.7. The third kappa shape index (κ3) is 5.52. The van der Waals surface area contributed by atoms with E-state index in [1.54, 1.807) is 0 Å². The summed E-state index contributed by atoms with van der Waals surface area (Å²) in [6.45, 7) is 2.35. The Bertz CT molecular complexity index is 959. The zero-order valence-corrected chi connectivity index (χ0v) is 18.8. The van der Waals surface area contributed by atoms with Crippen LogP contribution in [-0.4, -0.2) is 54.4 Å². The number of nitrogens with zero attached hydrogens (tertiary/aromatic N) is 2. The molecule has 0 saturated carbocycles. The average molecular weight is 457 g/mol. The van der Waals surface area contributed by atoms with Crippen molar-refractivity contribution in [2.75, 3.05) is 32.8 Å². The SMILES string of the molecule is O=C(C[C@@]1(COc2ccccc2)CCCN(C(=O)c2c(F)cccc2F)C1)N1CCCCC1. The van der Waals surface area contributed by atoms with Crippen LogP contribution in [0.3, 0.4) is 0 Å². The van der Waals surface area contributed by atoms with Gasteiger partial charge in [0.1, 0.15) is 22.9 Å². The van der Waals surface area contributed by atoms with E-state index < -0.39 is 28.5 Å². The topological polar surface area (TPSA) is 49.9 Å². The predicted octanol–water partition coefficient (Wildman–Crippen LogP) is 4.67. The van der Waals surface area contributed by atoms with Crippen molar-refractivity contribution >= 4 is 11.8 Å². The number of piperidine rings is 2. The zero-order valence-electron chi connectivity index (χ0n) is 18.8. The number of hydrogen-bond acceptors (Lipinski definition) is 3. The van der Waals surface area contributed by atoms with Crippen LogP contribution in [0.15, 0.2) is 48.5 Å². The number of ether oxygens (including phenoxy) is 1. The summed E-state index contributed by atoms with van der Waals surface area (Å²) in [6, 6.07) is 12.8. The maximum absolute atomic E-state index is 14.3. The third-order valence-electron chi connectivity index (χ3n) is 6.65. The van der Waals surface area contributed by atoms with Crippen LogP contribution in [0.5, 0.6) is 5.75 Å². The van der Waals surface area contributed by atoms with Gasteiger partial charge in [-0.15, -0.1) is 0 Å². The van der Waals surface area contributed by atoms with Gasteiger partial charge >= 0.3 is 0 Å². The maximum atomic E-state index is 14.3. The van der Waals surface area contributed by atoms with Gasteiger partial charge in [0.15, 0.2) is 0 Å². The van der Waals surface area contributed by atoms with Crippen molar-refractivity contribution in [2.24, 2.45) is 5.41 Å². The van der Waals surface area contributed by atoms with Crippen LogP contribution in [0.1, 0.15) is 48.9 Å². The molecule has 2 aliphatic heterocycles. The zero-order chi connectivity index (χ0) is 23.3. The number of hydrogen-bond donors (Lipinski definition) is 0. The number of carbonyl (C=O) groups is 2. The van der Waals surface area contributed by atoms with Crippen LogP contribution in [0.2, 0.25) is 0 Å². The molecule has 2 fully saturated rings. The van der Waals surface area contributed by atoms with Gasteiger partial charge in [0, 0.05) is 38.0 Å². The van der Waals surface area contributed by atoms with Crippen LogP contribution >= 0.6 is 0 Å². The minimum atomic E-state index is -0.874. The first-order valence-electron chi connectivity index (χ1n) is 11.7. The first kappa shape index (κ1) is 23.2. The summed E-state index contributed by atoms with van der Waals surface area (Å²) in [5, 5.41) is 0. The summed E-state index contributed by atoms with van der Waals surface area (Å²) in [4.78, 5) is 29.7. The molecule has 4 rings (SSSR count). The van der Waals surface area contributed by atoms with E-state index in [0.717, 1.165) is 44.5 Å². The van der Waals surface area contributed by atoms with Crippen molar-refractivity contribution in [3.8, 4) is 5.75 Å². The first-order chi connectivity index (χ1) is 16.0. The van der Waals surface area contributed by atoms with Gasteiger partial charge in [0.2, 0.25) is 5.91 Å². The second-order valence-electron chi connectivity index (χ2n) is 9.15. The molecule has 176 valence electrons. The Balaban J connectivity index is 1.56. The maximum Gasteiger partial charge on any atom is 0.259 e. The van der Waals surface area contributed by atoms with Crippen LogP contribution in [-0.2, 0) is 4.79 Å². The Hall–Kier alpha value is -2.96. The minimum absolute atomic E-state index is 0.0535. The highest BCUT2D eigenvalue weighted by Crippen LogP contribution is 2.36. The van der Waals surface area contributed by atoms with Crippen molar-refractivity contribution in [3.63, 3.8) is 0 Å². The van der Waals surface area contributed by atoms with Crippen LogP contribution in [0.4, 0.5) is 8.78 Å². The van der Waals surface area contributed by atoms with Crippen molar-refractivity contribution in [1.29, 1.82) is 0 Å². The summed E-state index contributed by atoms with van der Waals surface area (Å²) in [6.07, 6.45) is 4.69. The van der Waals surface area contributed by atoms with Crippen molar-refractivity contribution in [2.45, 2.75) is 38.5 Å². The molecule has 0 N–H and O–H groups in total. The Morgan fingerprint density at radius 2 is 1.52 bits per heavy atom. The minimum Gasteiger partial charge on any atom is -0.493 e. The van der Waals surface area contributed by atoms with E-state index in [9.17, 15) is 18.4 Å². The van der Waals surface area contributed by atoms with Gasteiger partial charge in [-0.05, 0) is 56.4 Å². The molecule has 33 heavy (non-hydrogen) atoms. The molecule has 0 radical (unpaired) electrons. The molecule has 0 aliphatic carbocycles. The van der Waals surface area contributed by atoms with Crippen LogP contribution in [0.25, 0.3) is 0 Å². The number of rotatable bonds is 6. The molecule has 2 amide bonds. The number of para-hydroxylation sites is 1. The van der Waals surface area contributed by atoms with Gasteiger partial charge in [-0.2, -0.15) is 0 Å². The lowest BCUT2D eigenvalue weighted by Crippen LogP contribution is -2.51. The Kier molecular flexibility index (Phi) is 7.26. The molecule has 0 spiro atoms. The molecule has 0 unspecified atom stereocenters. The third-order valence-corrected chi connectivity index (χ3v) is 6.65. The average Bonchev–Trinajstić information content (AvgIpc) is 2.84. The second-order valence-corrected chi connectivity index (χ2v) is 9.15. The van der Waals surface area contributed by atoms with E-state index in [0.29, 0.717) is 25.1 Å². The standard InChI is InChI=1S/C26H30F2N2O3/c27-21-11-7-12-22(28)24(21)25(32)30-16-8-13-26(18-30,19-33-20-9-3-1-4-10-20)17-23(31)29-14-5-2-6-15-29/h1,3-4,7,9-12H,2,5-6,8,13-19H2/t26-/m0/s1. The normalized spacial score (nSPS) is 21.0. The van der Waals surface area contributed by atoms with Gasteiger partial charge < -0.3 is 14.5 Å². The Morgan fingerprint density at radius 1 is 0.848 bits per heavy atom. The number of halogens is 2. The molecular weight excluding hydrogens is 426 g/mol. The van der Waals surface area contributed by atoms with E-state index in [1.807, 2.05) is 35.2 Å². The molecule has 2 heterocycles. The van der Waals surface area contributed by atoms with E-state index >= 15 is 0 Å². The molecular formula is C26H30F2N2O3. The highest BCUT2D eigenvalue weighted by atomic mass is 19.1. The lowest BCUT2D eigenvalue weighted by molar-refractivity contribution is -0.136. The van der Waals surface area contributed by atoms with Crippen molar-refractivity contribution in [1.82, 2.24) is 9.80 Å². The summed E-state index contributed by atoms with van der Waals surface area (Å²) in [5.41, 5.74) is -1.17. The number of carbonyl (C=O) groups excluding carboxylic acids is 2. The monoisotopic (exact) mass is 456 g/mol. The van der Waals surface area contributed by atoms with Crippen molar-refractivity contribution in [3.05, 3.63) is 65.7 Å². The molecule has 0 aromatic heterocycles. The second kappa shape index (κ2) is 10.3. The van der Waals surface area contributed by atoms with E-state index in [4.69, 9.17) is 4.74 Å². The predicted molar refractivity (Wildman–Crippen MR) is 121 cm³/mol. The lowest BCUT2D eigenvalue weighted by Gasteiger charge is -2.43. The van der Waals surface area contributed by atoms with Crippen molar-refractivity contribution < 1.29 is 23.1 Å². The fourth-order valence-corrected chi connectivity index (χ4v) is 4.88. The Labute approximate surface area is 193 Å². The first-order valence-corrected chi connectivity index (χ1v) is 11.7.